The number of amides is 1. The number of ether oxygens (including phenoxy) is 1. The van der Waals surface area contributed by atoms with Gasteiger partial charge in [0.25, 0.3) is 11.1 Å². The predicted molar refractivity (Wildman–Crippen MR) is 143 cm³/mol. The predicted octanol–water partition coefficient (Wildman–Crippen LogP) is 2.78. The maximum atomic E-state index is 13.9. The Labute approximate surface area is 219 Å². The van der Waals surface area contributed by atoms with Crippen LogP contribution in [0.25, 0.3) is 21.6 Å². The van der Waals surface area contributed by atoms with E-state index in [1.807, 2.05) is 6.07 Å². The molecule has 1 aliphatic heterocycles. The number of fused-ring (bicyclic) bond motifs is 4. The van der Waals surface area contributed by atoms with Gasteiger partial charge in [0.2, 0.25) is 0 Å². The molecule has 0 spiro atoms. The van der Waals surface area contributed by atoms with Crippen molar-refractivity contribution < 1.29 is 9.53 Å². The standard InChI is InChI=1S/C27H23N5O5S/c1-2-37-27(36)29-13-11-19-20(16-29)38-25-23(19)24(34)32(18-8-4-3-5-9-18)26(35)31(25)15-17-14-22(33)30-12-7-6-10-21(30)28-17/h3-10,12,14H,2,11,13,15-16H2,1H3. The Kier molecular flexibility index (Phi) is 5.91. The van der Waals surface area contributed by atoms with E-state index in [1.54, 1.807) is 60.5 Å². The molecule has 0 saturated heterocycles. The average Bonchev–Trinajstić information content (AvgIpc) is 3.31. The molecule has 0 N–H and O–H groups in total. The number of pyridine rings is 1. The molecule has 4 aromatic heterocycles. The van der Waals surface area contributed by atoms with Gasteiger partial charge in [0, 0.05) is 23.7 Å². The summed E-state index contributed by atoms with van der Waals surface area (Å²) in [4.78, 5) is 60.3. The number of para-hydroxylation sites is 1. The van der Waals surface area contributed by atoms with Crippen LogP contribution in [0, 0.1) is 0 Å². The van der Waals surface area contributed by atoms with Crippen molar-refractivity contribution in [1.82, 2.24) is 23.4 Å². The minimum atomic E-state index is -0.524. The van der Waals surface area contributed by atoms with Crippen molar-refractivity contribution in [2.45, 2.75) is 26.4 Å². The number of benzene rings is 1. The quantitative estimate of drug-likeness (QED) is 0.354. The van der Waals surface area contributed by atoms with E-state index in [0.29, 0.717) is 46.8 Å². The monoisotopic (exact) mass is 529 g/mol. The van der Waals surface area contributed by atoms with E-state index < -0.39 is 17.3 Å². The van der Waals surface area contributed by atoms with E-state index in [2.05, 4.69) is 4.98 Å². The van der Waals surface area contributed by atoms with Crippen LogP contribution in [0.3, 0.4) is 0 Å². The van der Waals surface area contributed by atoms with Gasteiger partial charge in [0.15, 0.2) is 0 Å². The van der Waals surface area contributed by atoms with E-state index in [1.165, 1.54) is 30.9 Å². The normalized spacial score (nSPS) is 13.1. The van der Waals surface area contributed by atoms with Gasteiger partial charge >= 0.3 is 11.8 Å². The first kappa shape index (κ1) is 23.9. The number of aromatic nitrogens is 4. The summed E-state index contributed by atoms with van der Waals surface area (Å²) in [6, 6.07) is 15.4. The van der Waals surface area contributed by atoms with Gasteiger partial charge in [-0.3, -0.25) is 18.6 Å². The molecular weight excluding hydrogens is 506 g/mol. The molecule has 1 aliphatic rings. The second-order valence-electron chi connectivity index (χ2n) is 8.91. The number of nitrogens with zero attached hydrogens (tertiary/aromatic N) is 5. The van der Waals surface area contributed by atoms with Crippen molar-refractivity contribution in [3.8, 4) is 5.69 Å². The third-order valence-electron chi connectivity index (χ3n) is 6.61. The molecule has 0 aliphatic carbocycles. The molecule has 0 fully saturated rings. The van der Waals surface area contributed by atoms with Crippen molar-refractivity contribution in [1.29, 1.82) is 0 Å². The summed E-state index contributed by atoms with van der Waals surface area (Å²) in [5.74, 6) is 0. The van der Waals surface area contributed by atoms with Gasteiger partial charge in [-0.15, -0.1) is 11.3 Å². The van der Waals surface area contributed by atoms with E-state index in [4.69, 9.17) is 4.74 Å². The molecule has 5 aromatic rings. The highest BCUT2D eigenvalue weighted by atomic mass is 32.1. The first-order chi connectivity index (χ1) is 18.5. The van der Waals surface area contributed by atoms with E-state index in [0.717, 1.165) is 10.4 Å². The maximum Gasteiger partial charge on any atom is 0.410 e. The summed E-state index contributed by atoms with van der Waals surface area (Å²) < 4.78 is 9.27. The Morgan fingerprint density at radius 1 is 1.08 bits per heavy atom. The third kappa shape index (κ3) is 3.91. The second kappa shape index (κ2) is 9.42. The smallest absolute Gasteiger partial charge is 0.410 e. The molecule has 0 radical (unpaired) electrons. The van der Waals surface area contributed by atoms with Crippen LogP contribution in [-0.2, 0) is 24.2 Å². The molecule has 38 heavy (non-hydrogen) atoms. The largest absolute Gasteiger partial charge is 0.450 e. The number of carbonyl (C=O) groups excluding carboxylic acids is 1. The molecule has 10 nitrogen and oxygen atoms in total. The summed E-state index contributed by atoms with van der Waals surface area (Å²) in [5.41, 5.74) is 0.968. The Balaban J connectivity index is 1.57. The van der Waals surface area contributed by atoms with Gasteiger partial charge in [-0.05, 0) is 43.2 Å². The lowest BCUT2D eigenvalue weighted by atomic mass is 10.1. The first-order valence-electron chi connectivity index (χ1n) is 12.2. The van der Waals surface area contributed by atoms with Gasteiger partial charge in [-0.2, -0.15) is 0 Å². The van der Waals surface area contributed by atoms with Crippen LogP contribution >= 0.6 is 11.3 Å². The molecule has 11 heteroatoms. The number of carbonyl (C=O) groups is 1. The van der Waals surface area contributed by atoms with E-state index in [9.17, 15) is 19.2 Å². The first-order valence-corrected chi connectivity index (χ1v) is 13.0. The summed E-state index contributed by atoms with van der Waals surface area (Å²) >= 11 is 1.31. The lowest BCUT2D eigenvalue weighted by molar-refractivity contribution is 0.103. The Hall–Kier alpha value is -4.51. The highest BCUT2D eigenvalue weighted by molar-refractivity contribution is 7.18. The molecule has 0 bridgehead atoms. The number of rotatable bonds is 4. The molecule has 0 atom stereocenters. The summed E-state index contributed by atoms with van der Waals surface area (Å²) in [6.45, 7) is 2.73. The highest BCUT2D eigenvalue weighted by Crippen LogP contribution is 2.33. The van der Waals surface area contributed by atoms with Gasteiger partial charge in [0.1, 0.15) is 10.5 Å². The molecular formula is C27H23N5O5S. The van der Waals surface area contributed by atoms with Crippen LogP contribution in [0.4, 0.5) is 4.79 Å². The number of thiophene rings is 1. The molecule has 6 rings (SSSR count). The molecule has 0 saturated carbocycles. The molecule has 192 valence electrons. The van der Waals surface area contributed by atoms with Crippen LogP contribution in [0.15, 0.2) is 75.2 Å². The second-order valence-corrected chi connectivity index (χ2v) is 10.00. The fourth-order valence-corrected chi connectivity index (χ4v) is 6.21. The fraction of sp³-hybridized carbons (Fsp3) is 0.222. The maximum absolute atomic E-state index is 13.9. The van der Waals surface area contributed by atoms with E-state index >= 15 is 0 Å². The van der Waals surface area contributed by atoms with E-state index in [-0.39, 0.29) is 18.7 Å². The van der Waals surface area contributed by atoms with Crippen molar-refractivity contribution >= 4 is 33.3 Å². The Morgan fingerprint density at radius 3 is 2.66 bits per heavy atom. The molecule has 5 heterocycles. The summed E-state index contributed by atoms with van der Waals surface area (Å²) in [5, 5.41) is 0.453. The lowest BCUT2D eigenvalue weighted by Gasteiger charge is -2.25. The van der Waals surface area contributed by atoms with Crippen molar-refractivity contribution in [3.63, 3.8) is 0 Å². The molecule has 0 unspecified atom stereocenters. The van der Waals surface area contributed by atoms with Crippen molar-refractivity contribution in [2.75, 3.05) is 13.2 Å². The van der Waals surface area contributed by atoms with Gasteiger partial charge in [-0.25, -0.2) is 19.1 Å². The Bertz CT molecular complexity index is 1890. The van der Waals surface area contributed by atoms with Crippen LogP contribution in [0.1, 0.15) is 23.1 Å². The third-order valence-corrected chi connectivity index (χ3v) is 7.85. The van der Waals surface area contributed by atoms with Crippen molar-refractivity contribution in [2.24, 2.45) is 0 Å². The summed E-state index contributed by atoms with van der Waals surface area (Å²) in [7, 11) is 0. The average molecular weight is 530 g/mol. The minimum Gasteiger partial charge on any atom is -0.450 e. The topological polar surface area (TPSA) is 108 Å². The van der Waals surface area contributed by atoms with Crippen LogP contribution < -0.4 is 16.8 Å². The lowest BCUT2D eigenvalue weighted by Crippen LogP contribution is -2.39. The van der Waals surface area contributed by atoms with Crippen LogP contribution in [-0.4, -0.2) is 42.7 Å². The number of hydrogen-bond donors (Lipinski definition) is 0. The minimum absolute atomic E-state index is 0.00403. The van der Waals surface area contributed by atoms with Gasteiger partial charge in [0.05, 0.1) is 36.5 Å². The van der Waals surface area contributed by atoms with Gasteiger partial charge < -0.3 is 9.64 Å². The zero-order chi connectivity index (χ0) is 26.4. The van der Waals surface area contributed by atoms with Gasteiger partial charge in [-0.1, -0.05) is 24.3 Å². The Morgan fingerprint density at radius 2 is 1.87 bits per heavy atom. The molecule has 1 amide bonds. The van der Waals surface area contributed by atoms with Crippen LogP contribution in [0.5, 0.6) is 0 Å². The summed E-state index contributed by atoms with van der Waals surface area (Å²) in [6.07, 6.45) is 1.69. The number of hydrogen-bond acceptors (Lipinski definition) is 7. The SMILES string of the molecule is CCOC(=O)N1CCc2c(sc3c2c(=O)n(-c2ccccc2)c(=O)n3Cc2cc(=O)n3ccccc3n2)C1. The van der Waals surface area contributed by atoms with Crippen molar-refractivity contribution in [3.05, 3.63) is 108 Å². The zero-order valence-electron chi connectivity index (χ0n) is 20.5. The molecule has 1 aromatic carbocycles. The van der Waals surface area contributed by atoms with Crippen LogP contribution in [0.2, 0.25) is 0 Å². The fourth-order valence-electron chi connectivity index (χ4n) is 4.87. The zero-order valence-corrected chi connectivity index (χ0v) is 21.3. The highest BCUT2D eigenvalue weighted by Gasteiger charge is 2.29.